The van der Waals surface area contributed by atoms with Crippen LogP contribution in [0.4, 0.5) is 0 Å². The fraction of sp³-hybridized carbons (Fsp3) is 0.125. The summed E-state index contributed by atoms with van der Waals surface area (Å²) in [6.45, 7) is 0.362. The van der Waals surface area contributed by atoms with Crippen molar-refractivity contribution in [3.63, 3.8) is 0 Å². The largest absolute Gasteiger partial charge is 0.487 e. The summed E-state index contributed by atoms with van der Waals surface area (Å²) in [4.78, 5) is 4.67. The van der Waals surface area contributed by atoms with Crippen LogP contribution in [0.15, 0.2) is 18.2 Å². The summed E-state index contributed by atoms with van der Waals surface area (Å²) in [7, 11) is 0. The summed E-state index contributed by atoms with van der Waals surface area (Å²) in [5, 5.41) is 1.08. The fourth-order valence-electron chi connectivity index (χ4n) is 0.831. The smallest absolute Gasteiger partial charge is 0.245 e. The Morgan fingerprint density at radius 3 is 2.77 bits per heavy atom. The third-order valence-corrected chi connectivity index (χ3v) is 2.03. The molecule has 1 fully saturated rings. The van der Waals surface area contributed by atoms with Gasteiger partial charge >= 0.3 is 0 Å². The minimum Gasteiger partial charge on any atom is -0.487 e. The third kappa shape index (κ3) is 2.48. The summed E-state index contributed by atoms with van der Waals surface area (Å²) < 4.78 is 5.30. The zero-order valence-corrected chi connectivity index (χ0v) is 8.02. The van der Waals surface area contributed by atoms with Crippen molar-refractivity contribution in [2.45, 2.75) is 0 Å². The molecule has 1 radical (unpaired) electrons. The highest BCUT2D eigenvalue weighted by atomic mass is 35.5. The van der Waals surface area contributed by atoms with Gasteiger partial charge in [0.2, 0.25) is 6.23 Å². The van der Waals surface area contributed by atoms with Gasteiger partial charge in [0.25, 0.3) is 0 Å². The molecule has 1 aliphatic rings. The van der Waals surface area contributed by atoms with Gasteiger partial charge in [-0.15, -0.1) is 0 Å². The Morgan fingerprint density at radius 1 is 1.38 bits per heavy atom. The van der Waals surface area contributed by atoms with Crippen molar-refractivity contribution in [2.75, 3.05) is 6.61 Å². The van der Waals surface area contributed by atoms with Crippen LogP contribution in [0.1, 0.15) is 0 Å². The molecule has 5 heteroatoms. The number of hydrogen-bond donors (Lipinski definition) is 1. The molecule has 1 saturated heterocycles. The monoisotopic (exact) mass is 218 g/mol. The molecule has 0 aliphatic carbocycles. The Bertz CT molecular complexity index is 315. The Balaban J connectivity index is 2.01. The molecular weight excluding hydrogens is 213 g/mol. The number of hydroxylamine groups is 1. The summed E-state index contributed by atoms with van der Waals surface area (Å²) in [5.41, 5.74) is 2.56. The van der Waals surface area contributed by atoms with Gasteiger partial charge in [0.05, 0.1) is 5.02 Å². The van der Waals surface area contributed by atoms with E-state index in [0.717, 1.165) is 0 Å². The molecule has 0 aromatic heterocycles. The van der Waals surface area contributed by atoms with Gasteiger partial charge in [-0.25, -0.2) is 0 Å². The van der Waals surface area contributed by atoms with Gasteiger partial charge in [0, 0.05) is 5.02 Å². The summed E-state index contributed by atoms with van der Waals surface area (Å²) in [6, 6.07) is 5.06. The van der Waals surface area contributed by atoms with Crippen molar-refractivity contribution in [1.29, 1.82) is 0 Å². The van der Waals surface area contributed by atoms with Crippen molar-refractivity contribution >= 4 is 23.2 Å². The van der Waals surface area contributed by atoms with Crippen LogP contribution < -0.4 is 10.2 Å². The molecular formula is C8H6Cl2NO2. The standard InChI is InChI=1S/C8H6Cl2NO2/c9-5-1-2-7(6(10)3-5)12-4-8-11-13-8/h1-3,11H,4H2. The van der Waals surface area contributed by atoms with E-state index in [-0.39, 0.29) is 0 Å². The second-order valence-corrected chi connectivity index (χ2v) is 3.33. The van der Waals surface area contributed by atoms with Crippen LogP contribution in [0, 0.1) is 6.23 Å². The lowest BCUT2D eigenvalue weighted by atomic mass is 10.3. The minimum atomic E-state index is 0.362. The van der Waals surface area contributed by atoms with Crippen molar-refractivity contribution < 1.29 is 9.57 Å². The average Bonchev–Trinajstić information content (AvgIpc) is 2.86. The Morgan fingerprint density at radius 2 is 2.15 bits per heavy atom. The molecule has 0 unspecified atom stereocenters. The maximum Gasteiger partial charge on any atom is 0.245 e. The number of benzene rings is 1. The van der Waals surface area contributed by atoms with Crippen LogP contribution in [0.3, 0.4) is 0 Å². The lowest BCUT2D eigenvalue weighted by Gasteiger charge is -2.04. The highest BCUT2D eigenvalue weighted by Gasteiger charge is 2.25. The topological polar surface area (TPSA) is 43.7 Å². The average molecular weight is 219 g/mol. The molecule has 1 heterocycles. The number of halogens is 2. The number of ether oxygens (including phenoxy) is 1. The van der Waals surface area contributed by atoms with Crippen molar-refractivity contribution in [1.82, 2.24) is 5.48 Å². The highest BCUT2D eigenvalue weighted by molar-refractivity contribution is 6.35. The lowest BCUT2D eigenvalue weighted by molar-refractivity contribution is 0.302. The lowest BCUT2D eigenvalue weighted by Crippen LogP contribution is -2.00. The van der Waals surface area contributed by atoms with Gasteiger partial charge in [0.15, 0.2) is 0 Å². The minimum absolute atomic E-state index is 0.362. The van der Waals surface area contributed by atoms with Crippen molar-refractivity contribution in [3.05, 3.63) is 34.5 Å². The Labute approximate surface area is 85.5 Å². The molecule has 0 saturated carbocycles. The first kappa shape index (κ1) is 9.09. The molecule has 13 heavy (non-hydrogen) atoms. The van der Waals surface area contributed by atoms with E-state index in [0.29, 0.717) is 28.6 Å². The quantitative estimate of drug-likeness (QED) is 0.793. The fourth-order valence-corrected chi connectivity index (χ4v) is 1.29. The van der Waals surface area contributed by atoms with E-state index in [2.05, 4.69) is 10.3 Å². The van der Waals surface area contributed by atoms with E-state index in [9.17, 15) is 0 Å². The van der Waals surface area contributed by atoms with E-state index in [1.165, 1.54) is 0 Å². The predicted octanol–water partition coefficient (Wildman–Crippen LogP) is 2.40. The molecule has 1 N–H and O–H groups in total. The van der Waals surface area contributed by atoms with E-state index in [4.69, 9.17) is 27.9 Å². The molecule has 3 nitrogen and oxygen atoms in total. The zero-order valence-electron chi connectivity index (χ0n) is 6.51. The summed E-state index contributed by atoms with van der Waals surface area (Å²) in [5.74, 6) is 0.593. The van der Waals surface area contributed by atoms with Crippen LogP contribution in [-0.2, 0) is 4.84 Å². The zero-order chi connectivity index (χ0) is 9.26. The van der Waals surface area contributed by atoms with Crippen LogP contribution in [0.5, 0.6) is 5.75 Å². The molecule has 1 aromatic rings. The van der Waals surface area contributed by atoms with Gasteiger partial charge in [-0.1, -0.05) is 23.2 Å². The van der Waals surface area contributed by atoms with E-state index >= 15 is 0 Å². The van der Waals surface area contributed by atoms with E-state index in [1.54, 1.807) is 18.2 Å². The van der Waals surface area contributed by atoms with E-state index < -0.39 is 0 Å². The van der Waals surface area contributed by atoms with Crippen LogP contribution in [0.2, 0.25) is 10.0 Å². The normalized spacial score (nSPS) is 15.8. The van der Waals surface area contributed by atoms with Crippen LogP contribution in [-0.4, -0.2) is 6.61 Å². The molecule has 0 spiro atoms. The van der Waals surface area contributed by atoms with Gasteiger partial charge in [-0.05, 0) is 18.2 Å². The Hall–Kier alpha value is -0.480. The molecule has 0 bridgehead atoms. The first-order chi connectivity index (χ1) is 6.25. The van der Waals surface area contributed by atoms with Gasteiger partial charge < -0.3 is 4.74 Å². The van der Waals surface area contributed by atoms with Crippen LogP contribution in [0.25, 0.3) is 0 Å². The van der Waals surface area contributed by atoms with Gasteiger partial charge in [-0.2, -0.15) is 5.48 Å². The van der Waals surface area contributed by atoms with Gasteiger partial charge in [-0.3, -0.25) is 4.84 Å². The number of rotatable bonds is 3. The first-order valence-electron chi connectivity index (χ1n) is 3.62. The van der Waals surface area contributed by atoms with Crippen molar-refractivity contribution in [3.8, 4) is 5.75 Å². The molecule has 0 atom stereocenters. The molecule has 2 rings (SSSR count). The number of nitrogens with one attached hydrogen (secondary N) is 1. The maximum absolute atomic E-state index is 5.85. The second kappa shape index (κ2) is 3.72. The second-order valence-electron chi connectivity index (χ2n) is 2.49. The summed E-state index contributed by atoms with van der Waals surface area (Å²) in [6.07, 6.45) is 0.700. The van der Waals surface area contributed by atoms with Crippen molar-refractivity contribution in [2.24, 2.45) is 0 Å². The molecule has 0 amide bonds. The van der Waals surface area contributed by atoms with Gasteiger partial charge in [0.1, 0.15) is 12.4 Å². The summed E-state index contributed by atoms with van der Waals surface area (Å²) >= 11 is 11.6. The predicted molar refractivity (Wildman–Crippen MR) is 49.4 cm³/mol. The molecule has 1 aromatic carbocycles. The van der Waals surface area contributed by atoms with E-state index in [1.807, 2.05) is 0 Å². The molecule has 69 valence electrons. The maximum atomic E-state index is 5.85. The highest BCUT2D eigenvalue weighted by Crippen LogP contribution is 2.28. The Kier molecular flexibility index (Phi) is 2.60. The molecule has 1 aliphatic heterocycles. The third-order valence-electron chi connectivity index (χ3n) is 1.50. The SMILES string of the molecule is Clc1ccc(OC[C]2NO2)c(Cl)c1. The number of hydrogen-bond acceptors (Lipinski definition) is 3. The van der Waals surface area contributed by atoms with Crippen LogP contribution >= 0.6 is 23.2 Å². The first-order valence-corrected chi connectivity index (χ1v) is 4.38.